The van der Waals surface area contributed by atoms with Crippen LogP contribution in [0.25, 0.3) is 0 Å². The minimum absolute atomic E-state index is 0.0173. The predicted octanol–water partition coefficient (Wildman–Crippen LogP) is 5.49. The molecule has 1 saturated heterocycles. The van der Waals surface area contributed by atoms with Crippen LogP contribution >= 0.6 is 0 Å². The molecule has 1 heterocycles. The minimum Gasteiger partial charge on any atom is -0.512 e. The molecule has 0 spiro atoms. The van der Waals surface area contributed by atoms with Gasteiger partial charge in [-0.1, -0.05) is 49.6 Å². The van der Waals surface area contributed by atoms with Crippen molar-refractivity contribution >= 4 is 0 Å². The van der Waals surface area contributed by atoms with Crippen LogP contribution in [-0.4, -0.2) is 16.8 Å². The van der Waals surface area contributed by atoms with Gasteiger partial charge in [0.25, 0.3) is 0 Å². The van der Waals surface area contributed by atoms with Crippen molar-refractivity contribution in [2.45, 2.75) is 65.1 Å². The molecule has 2 aliphatic carbocycles. The van der Waals surface area contributed by atoms with E-state index in [-0.39, 0.29) is 17.6 Å². The summed E-state index contributed by atoms with van der Waals surface area (Å²) in [4.78, 5) is 0. The molecule has 0 unspecified atom stereocenters. The number of aliphatic hydroxyl groups is 1. The molecule has 3 aliphatic rings. The highest BCUT2D eigenvalue weighted by atomic mass is 16.5. The van der Waals surface area contributed by atoms with Crippen LogP contribution in [0.1, 0.15) is 53.4 Å². The lowest BCUT2D eigenvalue weighted by Gasteiger charge is -2.52. The summed E-state index contributed by atoms with van der Waals surface area (Å²) < 4.78 is 6.55. The summed E-state index contributed by atoms with van der Waals surface area (Å²) in [7, 11) is 0. The number of ether oxygens (including phenoxy) is 1. The van der Waals surface area contributed by atoms with Crippen molar-refractivity contribution in [3.05, 3.63) is 47.3 Å². The molecule has 1 aliphatic heterocycles. The lowest BCUT2D eigenvalue weighted by atomic mass is 9.64. The predicted molar refractivity (Wildman–Crippen MR) is 95.3 cm³/mol. The lowest BCUT2D eigenvalue weighted by molar-refractivity contribution is -0.159. The zero-order valence-corrected chi connectivity index (χ0v) is 14.9. The van der Waals surface area contributed by atoms with E-state index in [9.17, 15) is 5.11 Å². The first kappa shape index (κ1) is 16.6. The zero-order valence-electron chi connectivity index (χ0n) is 14.9. The number of fused-ring (bicyclic) bond motifs is 3. The Kier molecular flexibility index (Phi) is 4.55. The number of aliphatic hydroxyl groups excluding tert-OH is 1. The molecule has 0 amide bonds. The van der Waals surface area contributed by atoms with E-state index in [0.29, 0.717) is 17.6 Å². The van der Waals surface area contributed by atoms with Gasteiger partial charge in [0.15, 0.2) is 0 Å². The maximum Gasteiger partial charge on any atom is 0.0989 e. The van der Waals surface area contributed by atoms with Crippen molar-refractivity contribution in [2.75, 3.05) is 0 Å². The Morgan fingerprint density at radius 1 is 1.22 bits per heavy atom. The molecular formula is C21H30O2. The summed E-state index contributed by atoms with van der Waals surface area (Å²) >= 11 is 0. The van der Waals surface area contributed by atoms with E-state index in [1.165, 1.54) is 30.4 Å². The van der Waals surface area contributed by atoms with E-state index < -0.39 is 0 Å². The Labute approximate surface area is 140 Å². The standard InChI is InChI=1S/C21H30O2/c1-5-6-7-8-15-10-12-18(22)19-16-13-14(2)9-11-17(16)21(3,4)23-20(15)19/h9-13,16-17,19-20,22H,5-8H2,1-4H3/t16-,17+,19+,20+/m0/s1. The monoisotopic (exact) mass is 314 g/mol. The quantitative estimate of drug-likeness (QED) is 0.695. The Morgan fingerprint density at radius 3 is 2.74 bits per heavy atom. The van der Waals surface area contributed by atoms with Gasteiger partial charge >= 0.3 is 0 Å². The van der Waals surface area contributed by atoms with Crippen molar-refractivity contribution in [3.8, 4) is 0 Å². The summed E-state index contributed by atoms with van der Waals surface area (Å²) in [6.07, 6.45) is 15.6. The maximum atomic E-state index is 10.6. The van der Waals surface area contributed by atoms with Crippen molar-refractivity contribution in [1.82, 2.24) is 0 Å². The van der Waals surface area contributed by atoms with Gasteiger partial charge in [-0.15, -0.1) is 0 Å². The molecule has 23 heavy (non-hydrogen) atoms. The largest absolute Gasteiger partial charge is 0.512 e. The van der Waals surface area contributed by atoms with E-state index in [1.807, 2.05) is 6.08 Å². The first-order chi connectivity index (χ1) is 10.9. The van der Waals surface area contributed by atoms with Crippen LogP contribution in [-0.2, 0) is 4.74 Å². The van der Waals surface area contributed by atoms with E-state index in [4.69, 9.17) is 4.74 Å². The fraction of sp³-hybridized carbons (Fsp3) is 0.619. The Balaban J connectivity index is 1.91. The summed E-state index contributed by atoms with van der Waals surface area (Å²) in [5.41, 5.74) is 2.44. The molecule has 1 fully saturated rings. The highest BCUT2D eigenvalue weighted by Gasteiger charge is 2.51. The van der Waals surface area contributed by atoms with Crippen molar-refractivity contribution in [3.63, 3.8) is 0 Å². The van der Waals surface area contributed by atoms with Gasteiger partial charge in [0.05, 0.1) is 23.4 Å². The van der Waals surface area contributed by atoms with Crippen LogP contribution in [0.15, 0.2) is 47.3 Å². The molecule has 3 rings (SSSR count). The third-order valence-electron chi connectivity index (χ3n) is 5.65. The highest BCUT2D eigenvalue weighted by Crippen LogP contribution is 2.50. The lowest BCUT2D eigenvalue weighted by Crippen LogP contribution is -2.54. The van der Waals surface area contributed by atoms with Gasteiger partial charge in [0.2, 0.25) is 0 Å². The normalized spacial score (nSPS) is 34.9. The van der Waals surface area contributed by atoms with Crippen LogP contribution in [0.5, 0.6) is 0 Å². The number of hydrogen-bond acceptors (Lipinski definition) is 2. The van der Waals surface area contributed by atoms with E-state index in [0.717, 1.165) is 6.42 Å². The van der Waals surface area contributed by atoms with Crippen LogP contribution in [0.4, 0.5) is 0 Å². The van der Waals surface area contributed by atoms with Crippen LogP contribution < -0.4 is 0 Å². The summed E-state index contributed by atoms with van der Waals surface area (Å²) in [5, 5.41) is 10.6. The van der Waals surface area contributed by atoms with Crippen molar-refractivity contribution in [1.29, 1.82) is 0 Å². The van der Waals surface area contributed by atoms with Gasteiger partial charge in [-0.25, -0.2) is 0 Å². The molecule has 1 N–H and O–H groups in total. The second-order valence-corrected chi connectivity index (χ2v) is 7.83. The van der Waals surface area contributed by atoms with Gasteiger partial charge in [-0.3, -0.25) is 0 Å². The zero-order chi connectivity index (χ0) is 16.6. The Hall–Kier alpha value is -1.28. The summed E-state index contributed by atoms with van der Waals surface area (Å²) in [6, 6.07) is 0. The van der Waals surface area contributed by atoms with E-state index >= 15 is 0 Å². The number of rotatable bonds is 4. The third kappa shape index (κ3) is 3.06. The third-order valence-corrected chi connectivity index (χ3v) is 5.65. The van der Waals surface area contributed by atoms with Crippen molar-refractivity contribution < 1.29 is 9.84 Å². The smallest absolute Gasteiger partial charge is 0.0989 e. The molecule has 0 aromatic carbocycles. The van der Waals surface area contributed by atoms with Crippen LogP contribution in [0, 0.1) is 17.8 Å². The fourth-order valence-electron chi connectivity index (χ4n) is 4.41. The average Bonchev–Trinajstić information content (AvgIpc) is 2.48. The molecule has 0 aromatic heterocycles. The SMILES string of the molecule is CCCCCC1=CC=C(O)[C@H]2[C@H]3C=C(C)C=C[C@H]3C(C)(C)O[C@H]12. The van der Waals surface area contributed by atoms with Crippen LogP contribution in [0.3, 0.4) is 0 Å². The molecule has 4 atom stereocenters. The van der Waals surface area contributed by atoms with Gasteiger partial charge in [-0.2, -0.15) is 0 Å². The van der Waals surface area contributed by atoms with Crippen LogP contribution in [0.2, 0.25) is 0 Å². The molecule has 0 radical (unpaired) electrons. The minimum atomic E-state index is -0.207. The maximum absolute atomic E-state index is 10.6. The van der Waals surface area contributed by atoms with Crippen molar-refractivity contribution in [2.24, 2.45) is 17.8 Å². The van der Waals surface area contributed by atoms with Gasteiger partial charge in [-0.05, 0) is 51.2 Å². The second kappa shape index (κ2) is 6.32. The topological polar surface area (TPSA) is 29.5 Å². The average molecular weight is 314 g/mol. The Bertz CT molecular complexity index is 577. The molecular weight excluding hydrogens is 284 g/mol. The van der Waals surface area contributed by atoms with Gasteiger partial charge in [0, 0.05) is 5.92 Å². The summed E-state index contributed by atoms with van der Waals surface area (Å²) in [6.45, 7) is 8.76. The first-order valence-electron chi connectivity index (χ1n) is 9.08. The molecule has 2 heteroatoms. The summed E-state index contributed by atoms with van der Waals surface area (Å²) in [5.74, 6) is 1.19. The fourth-order valence-corrected chi connectivity index (χ4v) is 4.41. The molecule has 2 nitrogen and oxygen atoms in total. The molecule has 0 aromatic rings. The highest BCUT2D eigenvalue weighted by molar-refractivity contribution is 5.35. The Morgan fingerprint density at radius 2 is 2.00 bits per heavy atom. The molecule has 0 saturated carbocycles. The first-order valence-corrected chi connectivity index (χ1v) is 9.08. The number of allylic oxidation sites excluding steroid dienone is 5. The second-order valence-electron chi connectivity index (χ2n) is 7.83. The molecule has 126 valence electrons. The van der Waals surface area contributed by atoms with Gasteiger partial charge < -0.3 is 9.84 Å². The van der Waals surface area contributed by atoms with E-state index in [2.05, 4.69) is 52.0 Å². The van der Waals surface area contributed by atoms with E-state index in [1.54, 1.807) is 0 Å². The van der Waals surface area contributed by atoms with Gasteiger partial charge in [0.1, 0.15) is 0 Å². The number of unbranched alkanes of at least 4 members (excludes halogenated alkanes) is 2. The molecule has 0 bridgehead atoms. The number of hydrogen-bond donors (Lipinski definition) is 1.